The molecule has 0 saturated carbocycles. The fourth-order valence-corrected chi connectivity index (χ4v) is 3.07. The highest BCUT2D eigenvalue weighted by Gasteiger charge is 2.26. The average molecular weight is 367 g/mol. The summed E-state index contributed by atoms with van der Waals surface area (Å²) >= 11 is 7.33. The third-order valence-corrected chi connectivity index (χ3v) is 4.58. The molecule has 0 aliphatic heterocycles. The Morgan fingerprint density at radius 3 is 2.88 bits per heavy atom. The van der Waals surface area contributed by atoms with E-state index in [0.717, 1.165) is 11.4 Å². The Kier molecular flexibility index (Phi) is 4.59. The van der Waals surface area contributed by atoms with Crippen molar-refractivity contribution in [2.24, 2.45) is 0 Å². The summed E-state index contributed by atoms with van der Waals surface area (Å²) in [4.78, 5) is 12.6. The van der Waals surface area contributed by atoms with Gasteiger partial charge in [0.05, 0.1) is 10.6 Å². The first-order chi connectivity index (χ1) is 11.5. The van der Waals surface area contributed by atoms with Gasteiger partial charge in [-0.15, -0.1) is 10.2 Å². The lowest BCUT2D eigenvalue weighted by Crippen LogP contribution is -2.13. The Hall–Kier alpha value is -2.32. The molecule has 0 radical (unpaired) electrons. The van der Waals surface area contributed by atoms with Crippen LogP contribution in [0.3, 0.4) is 0 Å². The molecule has 0 fully saturated rings. The van der Waals surface area contributed by atoms with Crippen molar-refractivity contribution >= 4 is 34.0 Å². The monoisotopic (exact) mass is 366 g/mol. The number of carbonyl (C=O) groups excluding carboxylic acids is 1. The topological polar surface area (TPSA) is 80.9 Å². The van der Waals surface area contributed by atoms with E-state index in [-0.39, 0.29) is 27.6 Å². The molecule has 1 aromatic carbocycles. The maximum atomic E-state index is 14.1. The maximum Gasteiger partial charge on any atom is 0.263 e. The van der Waals surface area contributed by atoms with Crippen LogP contribution in [0.1, 0.15) is 28.0 Å². The van der Waals surface area contributed by atoms with Gasteiger partial charge in [0.15, 0.2) is 0 Å². The first-order valence-electron chi connectivity index (χ1n) is 7.05. The zero-order chi connectivity index (χ0) is 17.3. The van der Waals surface area contributed by atoms with Crippen LogP contribution < -0.4 is 5.32 Å². The van der Waals surface area contributed by atoms with Crippen LogP contribution in [0.5, 0.6) is 0 Å². The van der Waals surface area contributed by atoms with Crippen LogP contribution in [0.25, 0.3) is 11.3 Å². The predicted molar refractivity (Wildman–Crippen MR) is 88.9 cm³/mol. The number of rotatable bonds is 4. The number of nitrogens with one attached hydrogen (secondary N) is 1. The van der Waals surface area contributed by atoms with Crippen LogP contribution in [0, 0.1) is 12.7 Å². The number of carbonyl (C=O) groups is 1. The molecule has 6 nitrogen and oxygen atoms in total. The van der Waals surface area contributed by atoms with Gasteiger partial charge in [0.2, 0.25) is 5.13 Å². The lowest BCUT2D eigenvalue weighted by atomic mass is 10.1. The molecule has 9 heteroatoms. The Morgan fingerprint density at radius 1 is 1.42 bits per heavy atom. The van der Waals surface area contributed by atoms with Gasteiger partial charge in [0.1, 0.15) is 27.8 Å². The summed E-state index contributed by atoms with van der Waals surface area (Å²) in [5, 5.41) is 15.5. The average Bonchev–Trinajstić information content (AvgIpc) is 3.14. The molecule has 0 bridgehead atoms. The summed E-state index contributed by atoms with van der Waals surface area (Å²) < 4.78 is 19.2. The maximum absolute atomic E-state index is 14.1. The van der Waals surface area contributed by atoms with E-state index in [1.807, 2.05) is 6.92 Å². The summed E-state index contributed by atoms with van der Waals surface area (Å²) in [5.41, 5.74) is 0.177. The van der Waals surface area contributed by atoms with Crippen molar-refractivity contribution in [2.75, 3.05) is 5.32 Å². The van der Waals surface area contributed by atoms with E-state index in [0.29, 0.717) is 5.13 Å². The SMILES string of the molecule is CCc1nnc(NC(=O)c2c(-c3c(F)cccc3Cl)noc2C)s1. The molecule has 0 aliphatic carbocycles. The number of benzene rings is 1. The lowest BCUT2D eigenvalue weighted by molar-refractivity contribution is 0.102. The second-order valence-corrected chi connectivity index (χ2v) is 6.34. The van der Waals surface area contributed by atoms with E-state index in [1.54, 1.807) is 6.92 Å². The molecular formula is C15H12ClFN4O2S. The number of halogens is 2. The normalized spacial score (nSPS) is 10.8. The molecule has 1 amide bonds. The van der Waals surface area contributed by atoms with E-state index in [4.69, 9.17) is 16.1 Å². The molecule has 0 saturated heterocycles. The van der Waals surface area contributed by atoms with E-state index < -0.39 is 11.7 Å². The number of aromatic nitrogens is 3. The van der Waals surface area contributed by atoms with Gasteiger partial charge in [-0.25, -0.2) is 4.39 Å². The zero-order valence-electron chi connectivity index (χ0n) is 12.8. The minimum atomic E-state index is -0.589. The fraction of sp³-hybridized carbons (Fsp3) is 0.200. The Balaban J connectivity index is 1.99. The smallest absolute Gasteiger partial charge is 0.263 e. The number of amides is 1. The third kappa shape index (κ3) is 3.02. The largest absolute Gasteiger partial charge is 0.360 e. The molecule has 124 valence electrons. The van der Waals surface area contributed by atoms with E-state index in [2.05, 4.69) is 20.7 Å². The highest BCUT2D eigenvalue weighted by Crippen LogP contribution is 2.33. The minimum Gasteiger partial charge on any atom is -0.360 e. The highest BCUT2D eigenvalue weighted by atomic mass is 35.5. The molecule has 3 rings (SSSR count). The number of aryl methyl sites for hydroxylation is 2. The second-order valence-electron chi connectivity index (χ2n) is 4.87. The van der Waals surface area contributed by atoms with Crippen LogP contribution in [-0.4, -0.2) is 21.3 Å². The van der Waals surface area contributed by atoms with Crippen molar-refractivity contribution in [2.45, 2.75) is 20.3 Å². The summed E-state index contributed by atoms with van der Waals surface area (Å²) in [5.74, 6) is -0.849. The molecular weight excluding hydrogens is 355 g/mol. The first kappa shape index (κ1) is 16.5. The van der Waals surface area contributed by atoms with Gasteiger partial charge in [0.25, 0.3) is 5.91 Å². The molecule has 1 N–H and O–H groups in total. The van der Waals surface area contributed by atoms with Crippen molar-refractivity contribution in [3.05, 3.63) is 45.4 Å². The predicted octanol–water partition coefficient (Wildman–Crippen LogP) is 4.11. The summed E-state index contributed by atoms with van der Waals surface area (Å²) in [7, 11) is 0. The van der Waals surface area contributed by atoms with Gasteiger partial charge in [0, 0.05) is 0 Å². The van der Waals surface area contributed by atoms with Crippen molar-refractivity contribution in [3.63, 3.8) is 0 Å². The van der Waals surface area contributed by atoms with Gasteiger partial charge < -0.3 is 4.52 Å². The van der Waals surface area contributed by atoms with Crippen LogP contribution in [0.15, 0.2) is 22.7 Å². The molecule has 3 aromatic rings. The van der Waals surface area contributed by atoms with Crippen molar-refractivity contribution < 1.29 is 13.7 Å². The van der Waals surface area contributed by atoms with Crippen LogP contribution in [0.2, 0.25) is 5.02 Å². The van der Waals surface area contributed by atoms with Crippen LogP contribution >= 0.6 is 22.9 Å². The van der Waals surface area contributed by atoms with Gasteiger partial charge in [-0.2, -0.15) is 0 Å². The summed E-state index contributed by atoms with van der Waals surface area (Å²) in [6.45, 7) is 3.51. The molecule has 2 heterocycles. The quantitative estimate of drug-likeness (QED) is 0.751. The number of hydrogen-bond donors (Lipinski definition) is 1. The molecule has 0 aliphatic rings. The minimum absolute atomic E-state index is 0.0210. The standard InChI is InChI=1S/C15H12ClFN4O2S/c1-3-10-19-20-15(24-10)18-14(22)11-7(2)23-21-13(11)12-8(16)5-4-6-9(12)17/h4-6H,3H2,1-2H3,(H,18,20,22). The zero-order valence-corrected chi connectivity index (χ0v) is 14.3. The van der Waals surface area contributed by atoms with E-state index >= 15 is 0 Å². The number of nitrogens with zero attached hydrogens (tertiary/aromatic N) is 3. The Labute approximate surface area is 145 Å². The molecule has 24 heavy (non-hydrogen) atoms. The second kappa shape index (κ2) is 6.66. The molecule has 0 unspecified atom stereocenters. The highest BCUT2D eigenvalue weighted by molar-refractivity contribution is 7.15. The number of anilines is 1. The van der Waals surface area contributed by atoms with E-state index in [1.165, 1.54) is 29.5 Å². The molecule has 0 atom stereocenters. The Bertz CT molecular complexity index is 889. The third-order valence-electron chi connectivity index (χ3n) is 3.28. The summed E-state index contributed by atoms with van der Waals surface area (Å²) in [6.07, 6.45) is 0.718. The molecule has 0 spiro atoms. The van der Waals surface area contributed by atoms with Crippen molar-refractivity contribution in [1.29, 1.82) is 0 Å². The fourth-order valence-electron chi connectivity index (χ4n) is 2.14. The Morgan fingerprint density at radius 2 is 2.21 bits per heavy atom. The summed E-state index contributed by atoms with van der Waals surface area (Å²) in [6, 6.07) is 4.23. The van der Waals surface area contributed by atoms with E-state index in [9.17, 15) is 9.18 Å². The van der Waals surface area contributed by atoms with Gasteiger partial charge in [-0.3, -0.25) is 10.1 Å². The first-order valence-corrected chi connectivity index (χ1v) is 8.25. The van der Waals surface area contributed by atoms with Gasteiger partial charge >= 0.3 is 0 Å². The van der Waals surface area contributed by atoms with Gasteiger partial charge in [-0.1, -0.05) is 41.1 Å². The lowest BCUT2D eigenvalue weighted by Gasteiger charge is -2.05. The van der Waals surface area contributed by atoms with Crippen LogP contribution in [0.4, 0.5) is 9.52 Å². The van der Waals surface area contributed by atoms with Crippen LogP contribution in [-0.2, 0) is 6.42 Å². The van der Waals surface area contributed by atoms with Crippen molar-refractivity contribution in [3.8, 4) is 11.3 Å². The molecule has 2 aromatic heterocycles. The van der Waals surface area contributed by atoms with Gasteiger partial charge in [-0.05, 0) is 25.5 Å². The number of hydrogen-bond acceptors (Lipinski definition) is 6. The van der Waals surface area contributed by atoms with Crippen molar-refractivity contribution in [1.82, 2.24) is 15.4 Å².